The van der Waals surface area contributed by atoms with Gasteiger partial charge in [0.25, 0.3) is 0 Å². The zero-order valence-corrected chi connectivity index (χ0v) is 10.8. The third kappa shape index (κ3) is 5.65. The molecule has 0 fully saturated rings. The number of amides is 2. The minimum atomic E-state index is -0.237. The van der Waals surface area contributed by atoms with Crippen molar-refractivity contribution in [1.82, 2.24) is 10.3 Å². The van der Waals surface area contributed by atoms with Crippen molar-refractivity contribution in [3.63, 3.8) is 0 Å². The van der Waals surface area contributed by atoms with E-state index in [2.05, 4.69) is 22.5 Å². The van der Waals surface area contributed by atoms with E-state index in [0.29, 0.717) is 17.6 Å². The molecule has 0 aromatic carbocycles. The molecule has 0 aliphatic heterocycles. The zero-order valence-electron chi connectivity index (χ0n) is 9.98. The number of anilines is 1. The summed E-state index contributed by atoms with van der Waals surface area (Å²) in [5.74, 6) is 0.340. The molecule has 1 heterocycles. The Hall–Kier alpha value is -1.14. The molecule has 0 spiro atoms. The maximum absolute atomic E-state index is 11.5. The number of carbonyl (C=O) groups is 1. The quantitative estimate of drug-likeness (QED) is 0.700. The van der Waals surface area contributed by atoms with Crippen LogP contribution >= 0.6 is 11.3 Å². The maximum Gasteiger partial charge on any atom is 0.321 e. The fourth-order valence-electron chi connectivity index (χ4n) is 1.60. The number of thiazole rings is 1. The fourth-order valence-corrected chi connectivity index (χ4v) is 2.13. The highest BCUT2D eigenvalue weighted by atomic mass is 32.1. The van der Waals surface area contributed by atoms with Crippen LogP contribution in [0, 0.1) is 5.92 Å². The normalized spacial score (nSPS) is 12.1. The summed E-state index contributed by atoms with van der Waals surface area (Å²) in [6, 6.07) is -0.237. The predicted molar refractivity (Wildman–Crippen MR) is 69.2 cm³/mol. The van der Waals surface area contributed by atoms with Crippen LogP contribution in [0.25, 0.3) is 0 Å². The van der Waals surface area contributed by atoms with Crippen molar-refractivity contribution in [3.05, 3.63) is 11.6 Å². The van der Waals surface area contributed by atoms with Crippen LogP contribution in [0.2, 0.25) is 0 Å². The van der Waals surface area contributed by atoms with E-state index >= 15 is 0 Å². The van der Waals surface area contributed by atoms with E-state index in [4.69, 9.17) is 5.11 Å². The van der Waals surface area contributed by atoms with Crippen molar-refractivity contribution in [1.29, 1.82) is 0 Å². The van der Waals surface area contributed by atoms with Crippen molar-refractivity contribution in [2.75, 3.05) is 18.5 Å². The zero-order chi connectivity index (χ0) is 12.5. The van der Waals surface area contributed by atoms with E-state index in [1.807, 2.05) is 0 Å². The highest BCUT2D eigenvalue weighted by molar-refractivity contribution is 7.13. The van der Waals surface area contributed by atoms with Crippen molar-refractivity contribution >= 4 is 22.5 Å². The highest BCUT2D eigenvalue weighted by Gasteiger charge is 2.09. The van der Waals surface area contributed by atoms with Crippen molar-refractivity contribution in [2.45, 2.75) is 26.2 Å². The Labute approximate surface area is 105 Å². The number of nitrogens with zero attached hydrogens (tertiary/aromatic N) is 1. The molecule has 0 saturated carbocycles. The van der Waals surface area contributed by atoms with Gasteiger partial charge in [-0.3, -0.25) is 5.32 Å². The van der Waals surface area contributed by atoms with E-state index < -0.39 is 0 Å². The van der Waals surface area contributed by atoms with Gasteiger partial charge in [-0.2, -0.15) is 0 Å². The lowest BCUT2D eigenvalue weighted by molar-refractivity contribution is 0.236. The molecule has 1 unspecified atom stereocenters. The maximum atomic E-state index is 11.5. The summed E-state index contributed by atoms with van der Waals surface area (Å²) in [5.41, 5.74) is 0. The summed E-state index contributed by atoms with van der Waals surface area (Å²) in [7, 11) is 0. The van der Waals surface area contributed by atoms with Crippen LogP contribution in [0.15, 0.2) is 11.6 Å². The molecule has 0 aliphatic rings. The summed E-state index contributed by atoms with van der Waals surface area (Å²) in [6.07, 6.45) is 4.44. The fraction of sp³-hybridized carbons (Fsp3) is 0.636. The molecule has 17 heavy (non-hydrogen) atoms. The van der Waals surface area contributed by atoms with Crippen molar-refractivity contribution in [2.24, 2.45) is 5.92 Å². The summed E-state index contributed by atoms with van der Waals surface area (Å²) in [6.45, 7) is 2.85. The van der Waals surface area contributed by atoms with Crippen molar-refractivity contribution in [3.8, 4) is 0 Å². The molecule has 3 N–H and O–H groups in total. The Kier molecular flexibility index (Phi) is 6.57. The number of nitrogens with one attached hydrogen (secondary N) is 2. The Balaban J connectivity index is 2.25. The van der Waals surface area contributed by atoms with Gasteiger partial charge >= 0.3 is 6.03 Å². The Morgan fingerprint density at radius 3 is 3.00 bits per heavy atom. The molecule has 6 heteroatoms. The second-order valence-corrected chi connectivity index (χ2v) is 4.73. The van der Waals surface area contributed by atoms with Crippen LogP contribution in [0.3, 0.4) is 0 Å². The van der Waals surface area contributed by atoms with Gasteiger partial charge in [0.05, 0.1) is 0 Å². The molecule has 0 bridgehead atoms. The smallest absolute Gasteiger partial charge is 0.321 e. The number of aromatic nitrogens is 1. The van der Waals surface area contributed by atoms with E-state index in [1.54, 1.807) is 11.6 Å². The number of aliphatic hydroxyl groups excluding tert-OH is 1. The van der Waals surface area contributed by atoms with E-state index in [-0.39, 0.29) is 12.6 Å². The monoisotopic (exact) mass is 257 g/mol. The second-order valence-electron chi connectivity index (χ2n) is 3.84. The lowest BCUT2D eigenvalue weighted by Crippen LogP contribution is -2.33. The van der Waals surface area contributed by atoms with E-state index in [1.165, 1.54) is 11.3 Å². The van der Waals surface area contributed by atoms with Gasteiger partial charge in [0.15, 0.2) is 5.13 Å². The molecule has 5 nitrogen and oxygen atoms in total. The van der Waals surface area contributed by atoms with Gasteiger partial charge in [0.1, 0.15) is 0 Å². The molecular formula is C11H19N3O2S. The number of hydrogen-bond donors (Lipinski definition) is 3. The Morgan fingerprint density at radius 1 is 1.59 bits per heavy atom. The summed E-state index contributed by atoms with van der Waals surface area (Å²) >= 11 is 1.38. The van der Waals surface area contributed by atoms with Crippen LogP contribution in [0.4, 0.5) is 9.93 Å². The van der Waals surface area contributed by atoms with Gasteiger partial charge < -0.3 is 10.4 Å². The van der Waals surface area contributed by atoms with Crippen LogP contribution in [-0.2, 0) is 0 Å². The van der Waals surface area contributed by atoms with E-state index in [0.717, 1.165) is 19.3 Å². The van der Waals surface area contributed by atoms with Crippen LogP contribution < -0.4 is 10.6 Å². The number of aliphatic hydroxyl groups is 1. The van der Waals surface area contributed by atoms with Gasteiger partial charge in [-0.15, -0.1) is 11.3 Å². The standard InChI is InChI=1S/C11H19N3O2S/c1-2-3-9(4-6-15)8-13-10(16)14-11-12-5-7-17-11/h5,7,9,15H,2-4,6,8H2,1H3,(H2,12,13,14,16). The molecule has 0 radical (unpaired) electrons. The van der Waals surface area contributed by atoms with Crippen LogP contribution in [0.1, 0.15) is 26.2 Å². The average Bonchev–Trinajstić information content (AvgIpc) is 2.79. The number of rotatable bonds is 7. The first-order valence-electron chi connectivity index (χ1n) is 5.81. The Morgan fingerprint density at radius 2 is 2.41 bits per heavy atom. The van der Waals surface area contributed by atoms with Crippen molar-refractivity contribution < 1.29 is 9.90 Å². The van der Waals surface area contributed by atoms with Gasteiger partial charge in [-0.1, -0.05) is 13.3 Å². The van der Waals surface area contributed by atoms with Crippen LogP contribution in [-0.4, -0.2) is 29.3 Å². The Bertz CT molecular complexity index is 311. The first-order valence-corrected chi connectivity index (χ1v) is 6.69. The average molecular weight is 257 g/mol. The highest BCUT2D eigenvalue weighted by Crippen LogP contribution is 2.11. The molecule has 0 saturated heterocycles. The third-order valence-corrected chi connectivity index (χ3v) is 3.13. The number of hydrogen-bond acceptors (Lipinski definition) is 4. The molecule has 2 amide bonds. The molecule has 1 rings (SSSR count). The molecule has 1 aromatic rings. The number of urea groups is 1. The SMILES string of the molecule is CCCC(CCO)CNC(=O)Nc1nccs1. The molecule has 1 aromatic heterocycles. The van der Waals surface area contributed by atoms with Gasteiger partial charge in [0, 0.05) is 24.7 Å². The topological polar surface area (TPSA) is 74.2 Å². The largest absolute Gasteiger partial charge is 0.396 e. The minimum absolute atomic E-state index is 0.167. The molecule has 96 valence electrons. The lowest BCUT2D eigenvalue weighted by atomic mass is 10.0. The predicted octanol–water partition coefficient (Wildman–Crippen LogP) is 2.06. The summed E-state index contributed by atoms with van der Waals surface area (Å²) in [5, 5.41) is 16.8. The summed E-state index contributed by atoms with van der Waals surface area (Å²) < 4.78 is 0. The second kappa shape index (κ2) is 8.03. The lowest BCUT2D eigenvalue weighted by Gasteiger charge is -2.15. The van der Waals surface area contributed by atoms with Crippen LogP contribution in [0.5, 0.6) is 0 Å². The van der Waals surface area contributed by atoms with E-state index in [9.17, 15) is 4.79 Å². The molecule has 0 aliphatic carbocycles. The van der Waals surface area contributed by atoms with Gasteiger partial charge in [-0.05, 0) is 18.8 Å². The minimum Gasteiger partial charge on any atom is -0.396 e. The molecular weight excluding hydrogens is 238 g/mol. The summed E-state index contributed by atoms with van der Waals surface area (Å²) in [4.78, 5) is 15.5. The molecule has 1 atom stereocenters. The third-order valence-electron chi connectivity index (χ3n) is 2.44. The first kappa shape index (κ1) is 13.9. The first-order chi connectivity index (χ1) is 8.26. The number of carbonyl (C=O) groups excluding carboxylic acids is 1. The van der Waals surface area contributed by atoms with Gasteiger partial charge in [-0.25, -0.2) is 9.78 Å². The van der Waals surface area contributed by atoms with Gasteiger partial charge in [0.2, 0.25) is 0 Å².